The van der Waals surface area contributed by atoms with E-state index in [0.29, 0.717) is 17.2 Å². The van der Waals surface area contributed by atoms with E-state index in [2.05, 4.69) is 72.0 Å². The molecule has 0 saturated carbocycles. The zero-order chi connectivity index (χ0) is 33.3. The van der Waals surface area contributed by atoms with Crippen molar-refractivity contribution in [2.45, 2.75) is 78.6 Å². The number of hydrogen-bond donors (Lipinski definition) is 2. The second-order valence-electron chi connectivity index (χ2n) is 14.0. The SMILES string of the molecule is COP1(Oc2ccc(C(C)(C)C)cc2)=N[P+](OC)(Oc2ccc(C(C)(C)C)cc2)N[P+](OC)(Oc2ccc(C(C)(C)C)cc2)N1. The molecule has 45 heavy (non-hydrogen) atoms. The van der Waals surface area contributed by atoms with E-state index in [-0.39, 0.29) is 16.2 Å². The summed E-state index contributed by atoms with van der Waals surface area (Å²) >= 11 is 0. The average molecular weight is 678 g/mol. The molecule has 0 fully saturated rings. The highest BCUT2D eigenvalue weighted by Crippen LogP contribution is 2.80. The fourth-order valence-electron chi connectivity index (χ4n) is 4.50. The van der Waals surface area contributed by atoms with Gasteiger partial charge in [-0.25, -0.2) is 0 Å². The first kappa shape index (κ1) is 35.8. The molecule has 0 bridgehead atoms. The third kappa shape index (κ3) is 8.66. The summed E-state index contributed by atoms with van der Waals surface area (Å²) in [5.74, 6) is 1.74. The van der Waals surface area contributed by atoms with Gasteiger partial charge in [0.15, 0.2) is 11.5 Å². The minimum atomic E-state index is -3.36. The molecule has 1 aliphatic rings. The number of nitrogens with one attached hydrogen (secondary N) is 2. The molecule has 3 aromatic carbocycles. The third-order valence-corrected chi connectivity index (χ3v) is 16.3. The van der Waals surface area contributed by atoms with Crippen molar-refractivity contribution < 1.29 is 27.1 Å². The molecule has 3 atom stereocenters. The lowest BCUT2D eigenvalue weighted by molar-refractivity contribution is 0.321. The molecule has 12 heteroatoms. The summed E-state index contributed by atoms with van der Waals surface area (Å²) in [6.07, 6.45) is 0. The Hall–Kier alpha value is -2.05. The van der Waals surface area contributed by atoms with E-state index in [1.165, 1.54) is 16.7 Å². The highest BCUT2D eigenvalue weighted by molar-refractivity contribution is 7.88. The van der Waals surface area contributed by atoms with E-state index in [0.717, 1.165) is 0 Å². The van der Waals surface area contributed by atoms with Crippen LogP contribution in [0.15, 0.2) is 77.3 Å². The van der Waals surface area contributed by atoms with Gasteiger partial charge in [0, 0.05) is 11.6 Å². The minimum Gasteiger partial charge on any atom is -0.423 e. The monoisotopic (exact) mass is 677 g/mol. The van der Waals surface area contributed by atoms with Gasteiger partial charge in [0.25, 0.3) is 0 Å². The van der Waals surface area contributed by atoms with Crippen LogP contribution in [0.3, 0.4) is 0 Å². The summed E-state index contributed by atoms with van der Waals surface area (Å²) in [7, 11) is -5.33. The first-order valence-corrected chi connectivity index (χ1v) is 19.7. The molecule has 0 aromatic heterocycles. The zero-order valence-electron chi connectivity index (χ0n) is 28.7. The number of rotatable bonds is 9. The molecule has 1 aliphatic heterocycles. The van der Waals surface area contributed by atoms with Gasteiger partial charge in [-0.3, -0.25) is 9.05 Å². The Kier molecular flexibility index (Phi) is 10.5. The molecule has 4 rings (SSSR count). The van der Waals surface area contributed by atoms with E-state index in [4.69, 9.17) is 31.7 Å². The second-order valence-corrected chi connectivity index (χ2v) is 21.2. The van der Waals surface area contributed by atoms with Crippen molar-refractivity contribution >= 4 is 23.7 Å². The van der Waals surface area contributed by atoms with Gasteiger partial charge in [-0.05, 0) is 74.2 Å². The van der Waals surface area contributed by atoms with E-state index in [9.17, 15) is 0 Å². The first-order chi connectivity index (χ1) is 20.9. The lowest BCUT2D eigenvalue weighted by Gasteiger charge is -2.33. The molecule has 1 heterocycles. The van der Waals surface area contributed by atoms with E-state index in [1.807, 2.05) is 72.8 Å². The Morgan fingerprint density at radius 3 is 1.31 bits per heavy atom. The molecule has 2 N–H and O–H groups in total. The van der Waals surface area contributed by atoms with Crippen LogP contribution in [0.4, 0.5) is 0 Å². The normalized spacial score (nSPS) is 24.1. The summed E-state index contributed by atoms with van der Waals surface area (Å²) in [6, 6.07) is 23.8. The standard InChI is InChI=1S/C33H50N3O6P3/c1-31(2,3)25-13-19-28(20-14-25)40-43(37-10)34-44(38-11,41-29-21-15-26(16-22-29)32(4,5)6)36-45(35-43,39-12)42-30-23-17-27(18-24-30)33(7,8)9/h13-24,34-35H,1-12H3/q+2. The van der Waals surface area contributed by atoms with Crippen LogP contribution in [0, 0.1) is 0 Å². The van der Waals surface area contributed by atoms with Crippen molar-refractivity contribution in [2.24, 2.45) is 4.52 Å². The Morgan fingerprint density at radius 2 is 0.956 bits per heavy atom. The Balaban J connectivity index is 1.79. The fraction of sp³-hybridized carbons (Fsp3) is 0.455. The van der Waals surface area contributed by atoms with Gasteiger partial charge in [-0.2, -0.15) is 9.05 Å². The largest absolute Gasteiger partial charge is 0.570 e. The second kappa shape index (κ2) is 13.2. The maximum Gasteiger partial charge on any atom is 0.570 e. The molecule has 3 unspecified atom stereocenters. The predicted octanol–water partition coefficient (Wildman–Crippen LogP) is 10.5. The van der Waals surface area contributed by atoms with Crippen molar-refractivity contribution in [1.29, 1.82) is 0 Å². The fourth-order valence-corrected chi connectivity index (χ4v) is 14.3. The first-order valence-electron chi connectivity index (χ1n) is 14.9. The summed E-state index contributed by atoms with van der Waals surface area (Å²) in [6.45, 7) is 19.5. The number of hydrogen-bond acceptors (Lipinski definition) is 9. The molecular weight excluding hydrogens is 627 g/mol. The van der Waals surface area contributed by atoms with E-state index >= 15 is 0 Å². The highest BCUT2D eigenvalue weighted by Gasteiger charge is 2.71. The van der Waals surface area contributed by atoms with Crippen molar-refractivity contribution in [3.05, 3.63) is 89.5 Å². The van der Waals surface area contributed by atoms with Crippen molar-refractivity contribution in [3.63, 3.8) is 0 Å². The summed E-state index contributed by atoms with van der Waals surface area (Å²) in [5.41, 5.74) is 3.51. The van der Waals surface area contributed by atoms with Crippen LogP contribution in [-0.2, 0) is 29.8 Å². The molecule has 0 spiro atoms. The van der Waals surface area contributed by atoms with Crippen LogP contribution >= 0.6 is 23.7 Å². The number of benzene rings is 3. The molecule has 246 valence electrons. The van der Waals surface area contributed by atoms with Gasteiger partial charge < -0.3 is 9.05 Å². The van der Waals surface area contributed by atoms with Gasteiger partial charge in [0.2, 0.25) is 0 Å². The lowest BCUT2D eigenvalue weighted by Crippen LogP contribution is -2.37. The molecule has 0 amide bonds. The van der Waals surface area contributed by atoms with Crippen LogP contribution in [0.2, 0.25) is 0 Å². The average Bonchev–Trinajstić information content (AvgIpc) is 2.96. The summed E-state index contributed by atoms with van der Waals surface area (Å²) < 4.78 is 43.2. The van der Waals surface area contributed by atoms with E-state index in [1.54, 1.807) is 21.3 Å². The van der Waals surface area contributed by atoms with Gasteiger partial charge in [0.1, 0.15) is 5.75 Å². The number of nitrogens with zero attached hydrogens (tertiary/aromatic N) is 1. The summed E-state index contributed by atoms with van der Waals surface area (Å²) in [5, 5.41) is 0. The van der Waals surface area contributed by atoms with Crippen LogP contribution in [-0.4, -0.2) is 21.3 Å². The van der Waals surface area contributed by atoms with Gasteiger partial charge in [0.05, 0.1) is 19.1 Å². The molecule has 0 saturated heterocycles. The van der Waals surface area contributed by atoms with Crippen LogP contribution in [0.25, 0.3) is 0 Å². The highest BCUT2D eigenvalue weighted by atomic mass is 31.3. The third-order valence-electron chi connectivity index (χ3n) is 7.36. The maximum absolute atomic E-state index is 6.62. The smallest absolute Gasteiger partial charge is 0.423 e. The van der Waals surface area contributed by atoms with Crippen LogP contribution in [0.1, 0.15) is 79.0 Å². The maximum atomic E-state index is 6.62. The van der Waals surface area contributed by atoms with Gasteiger partial charge in [-0.1, -0.05) is 98.7 Å². The van der Waals surface area contributed by atoms with Crippen molar-refractivity contribution in [1.82, 2.24) is 9.72 Å². The quantitative estimate of drug-likeness (QED) is 0.216. The Bertz CT molecular complexity index is 1500. The Labute approximate surface area is 271 Å². The molecule has 9 nitrogen and oxygen atoms in total. The van der Waals surface area contributed by atoms with Gasteiger partial charge in [-0.15, -0.1) is 0 Å². The predicted molar refractivity (Wildman–Crippen MR) is 188 cm³/mol. The molecular formula is C33H50N3O6P3+2. The van der Waals surface area contributed by atoms with E-state index < -0.39 is 23.7 Å². The molecule has 3 aromatic rings. The van der Waals surface area contributed by atoms with Gasteiger partial charge >= 0.3 is 23.7 Å². The van der Waals surface area contributed by atoms with Crippen LogP contribution in [0.5, 0.6) is 17.2 Å². The Morgan fingerprint density at radius 1 is 0.556 bits per heavy atom. The topological polar surface area (TPSA) is 91.8 Å². The minimum absolute atomic E-state index is 0.00688. The van der Waals surface area contributed by atoms with Crippen LogP contribution < -0.4 is 23.3 Å². The van der Waals surface area contributed by atoms with Crippen molar-refractivity contribution in [3.8, 4) is 17.2 Å². The summed E-state index contributed by atoms with van der Waals surface area (Å²) in [4.78, 5) is 6.79. The lowest BCUT2D eigenvalue weighted by atomic mass is 9.87. The van der Waals surface area contributed by atoms with Crippen molar-refractivity contribution in [2.75, 3.05) is 21.3 Å². The molecule has 0 radical (unpaired) electrons. The zero-order valence-corrected chi connectivity index (χ0v) is 31.3. The molecule has 0 aliphatic carbocycles.